The van der Waals surface area contributed by atoms with Crippen LogP contribution in [0.3, 0.4) is 0 Å². The molecule has 4 nitrogen and oxygen atoms in total. The van der Waals surface area contributed by atoms with Crippen molar-refractivity contribution in [2.45, 2.75) is 44.8 Å². The second-order valence-corrected chi connectivity index (χ2v) is 4.82. The predicted octanol–water partition coefficient (Wildman–Crippen LogP) is 3.11. The average molecular weight is 274 g/mol. The number of hydrogen-bond donors (Lipinski definition) is 2. The molecular weight excluding hydrogens is 257 g/mol. The minimum atomic E-state index is -4.25. The van der Waals surface area contributed by atoms with Crippen LogP contribution >= 0.6 is 0 Å². The molecule has 0 spiro atoms. The maximum atomic E-state index is 12.9. The van der Waals surface area contributed by atoms with Gasteiger partial charge in [0, 0.05) is 12.6 Å². The first-order valence-electron chi connectivity index (χ1n) is 6.31. The van der Waals surface area contributed by atoms with Crippen molar-refractivity contribution in [2.75, 3.05) is 17.2 Å². The summed E-state index contributed by atoms with van der Waals surface area (Å²) in [6, 6.07) is 1.52. The van der Waals surface area contributed by atoms with E-state index < -0.39 is 11.7 Å². The lowest BCUT2D eigenvalue weighted by molar-refractivity contribution is -0.151. The van der Waals surface area contributed by atoms with Crippen LogP contribution in [0.1, 0.15) is 32.0 Å². The molecule has 1 aromatic rings. The minimum Gasteiger partial charge on any atom is -0.370 e. The van der Waals surface area contributed by atoms with E-state index in [1.54, 1.807) is 6.92 Å². The van der Waals surface area contributed by atoms with Crippen molar-refractivity contribution in [1.29, 1.82) is 0 Å². The van der Waals surface area contributed by atoms with E-state index in [4.69, 9.17) is 0 Å². The van der Waals surface area contributed by atoms with Gasteiger partial charge in [-0.1, -0.05) is 6.92 Å². The lowest BCUT2D eigenvalue weighted by Crippen LogP contribution is -2.39. The molecule has 2 N–H and O–H groups in total. The predicted molar refractivity (Wildman–Crippen MR) is 67.2 cm³/mol. The molecule has 2 rings (SSSR count). The van der Waals surface area contributed by atoms with Gasteiger partial charge in [0.25, 0.3) is 0 Å². The van der Waals surface area contributed by atoms with Crippen LogP contribution in [0.2, 0.25) is 0 Å². The van der Waals surface area contributed by atoms with E-state index in [1.165, 1.54) is 6.07 Å². The third kappa shape index (κ3) is 3.08. The molecule has 0 amide bonds. The molecule has 0 unspecified atom stereocenters. The first-order chi connectivity index (χ1) is 8.86. The summed E-state index contributed by atoms with van der Waals surface area (Å²) in [5, 5.41) is 5.56. The van der Waals surface area contributed by atoms with Gasteiger partial charge in [0.15, 0.2) is 0 Å². The number of rotatable bonds is 5. The van der Waals surface area contributed by atoms with Crippen molar-refractivity contribution < 1.29 is 13.2 Å². The number of nitrogens with zero attached hydrogens (tertiary/aromatic N) is 2. The van der Waals surface area contributed by atoms with Crippen LogP contribution in [0.5, 0.6) is 0 Å². The van der Waals surface area contributed by atoms with Crippen LogP contribution in [-0.2, 0) is 0 Å². The highest BCUT2D eigenvalue weighted by molar-refractivity contribution is 5.50. The molecule has 106 valence electrons. The van der Waals surface area contributed by atoms with Gasteiger partial charge in [0.1, 0.15) is 23.0 Å². The molecule has 0 aliphatic heterocycles. The summed E-state index contributed by atoms with van der Waals surface area (Å²) in [6.45, 7) is 4.39. The van der Waals surface area contributed by atoms with Gasteiger partial charge in [-0.3, -0.25) is 0 Å². The van der Waals surface area contributed by atoms with E-state index in [2.05, 4.69) is 20.6 Å². The van der Waals surface area contributed by atoms with Crippen molar-refractivity contribution in [3.05, 3.63) is 11.9 Å². The van der Waals surface area contributed by atoms with Crippen LogP contribution in [0.15, 0.2) is 6.07 Å². The SMILES string of the molecule is CCCNc1cc(NC2(C(F)(F)F)CC2)nc(C)n1. The van der Waals surface area contributed by atoms with Gasteiger partial charge in [-0.2, -0.15) is 13.2 Å². The monoisotopic (exact) mass is 274 g/mol. The fourth-order valence-electron chi connectivity index (χ4n) is 1.82. The van der Waals surface area contributed by atoms with Crippen molar-refractivity contribution in [3.63, 3.8) is 0 Å². The second-order valence-electron chi connectivity index (χ2n) is 4.82. The topological polar surface area (TPSA) is 49.8 Å². The summed E-state index contributed by atoms with van der Waals surface area (Å²) in [7, 11) is 0. The second kappa shape index (κ2) is 4.86. The zero-order chi connectivity index (χ0) is 14.1. The highest BCUT2D eigenvalue weighted by Crippen LogP contribution is 2.51. The van der Waals surface area contributed by atoms with Gasteiger partial charge < -0.3 is 10.6 Å². The highest BCUT2D eigenvalue weighted by Gasteiger charge is 2.63. The lowest BCUT2D eigenvalue weighted by Gasteiger charge is -2.21. The fourth-order valence-corrected chi connectivity index (χ4v) is 1.82. The zero-order valence-electron chi connectivity index (χ0n) is 10.9. The largest absolute Gasteiger partial charge is 0.411 e. The molecule has 7 heteroatoms. The number of aryl methyl sites for hydroxylation is 1. The van der Waals surface area contributed by atoms with Gasteiger partial charge >= 0.3 is 6.18 Å². The van der Waals surface area contributed by atoms with Gasteiger partial charge in [-0.05, 0) is 26.2 Å². The first kappa shape index (κ1) is 13.9. The van der Waals surface area contributed by atoms with Crippen LogP contribution in [0, 0.1) is 6.92 Å². The molecule has 0 aromatic carbocycles. The van der Waals surface area contributed by atoms with Gasteiger partial charge in [-0.25, -0.2) is 9.97 Å². The molecule has 1 aromatic heterocycles. The van der Waals surface area contributed by atoms with E-state index >= 15 is 0 Å². The smallest absolute Gasteiger partial charge is 0.370 e. The molecule has 0 atom stereocenters. The van der Waals surface area contributed by atoms with Crippen molar-refractivity contribution >= 4 is 11.6 Å². The molecule has 0 radical (unpaired) electrons. The Hall–Kier alpha value is -1.53. The molecular formula is C12H17F3N4. The molecule has 0 saturated heterocycles. The van der Waals surface area contributed by atoms with E-state index in [0.717, 1.165) is 13.0 Å². The summed E-state index contributed by atoms with van der Waals surface area (Å²) in [5.74, 6) is 1.22. The molecule has 19 heavy (non-hydrogen) atoms. The van der Waals surface area contributed by atoms with Crippen LogP contribution in [0.4, 0.5) is 24.8 Å². The Balaban J connectivity index is 2.14. The van der Waals surface area contributed by atoms with Gasteiger partial charge in [0.05, 0.1) is 0 Å². The summed E-state index contributed by atoms with van der Waals surface area (Å²) in [5.41, 5.74) is -1.80. The van der Waals surface area contributed by atoms with Gasteiger partial charge in [-0.15, -0.1) is 0 Å². The number of hydrogen-bond acceptors (Lipinski definition) is 4. The summed E-state index contributed by atoms with van der Waals surface area (Å²) in [6.07, 6.45) is -3.14. The number of anilines is 2. The van der Waals surface area contributed by atoms with E-state index in [1.807, 2.05) is 6.92 Å². The van der Waals surface area contributed by atoms with Crippen molar-refractivity contribution in [2.24, 2.45) is 0 Å². The molecule has 0 bridgehead atoms. The Kier molecular flexibility index (Phi) is 3.56. The number of alkyl halides is 3. The first-order valence-corrected chi connectivity index (χ1v) is 6.31. The number of nitrogens with one attached hydrogen (secondary N) is 2. The Morgan fingerprint density at radius 1 is 1.26 bits per heavy atom. The molecule has 1 heterocycles. The summed E-state index contributed by atoms with van der Waals surface area (Å²) < 4.78 is 38.6. The molecule has 1 saturated carbocycles. The molecule has 1 fully saturated rings. The number of aromatic nitrogens is 2. The van der Waals surface area contributed by atoms with E-state index in [0.29, 0.717) is 11.6 Å². The third-order valence-electron chi connectivity index (χ3n) is 3.05. The lowest BCUT2D eigenvalue weighted by atomic mass is 10.2. The van der Waals surface area contributed by atoms with Crippen molar-refractivity contribution in [1.82, 2.24) is 9.97 Å². The van der Waals surface area contributed by atoms with E-state index in [9.17, 15) is 13.2 Å². The Morgan fingerprint density at radius 2 is 1.89 bits per heavy atom. The fraction of sp³-hybridized carbons (Fsp3) is 0.667. The Labute approximate surface area is 109 Å². The van der Waals surface area contributed by atoms with Gasteiger partial charge in [0.2, 0.25) is 0 Å². The summed E-state index contributed by atoms with van der Waals surface area (Å²) >= 11 is 0. The summed E-state index contributed by atoms with van der Waals surface area (Å²) in [4.78, 5) is 8.16. The zero-order valence-corrected chi connectivity index (χ0v) is 10.9. The number of halogens is 3. The minimum absolute atomic E-state index is 0.0945. The maximum Gasteiger partial charge on any atom is 0.411 e. The Morgan fingerprint density at radius 3 is 2.42 bits per heavy atom. The van der Waals surface area contributed by atoms with Crippen LogP contribution < -0.4 is 10.6 Å². The average Bonchev–Trinajstić information content (AvgIpc) is 3.06. The highest BCUT2D eigenvalue weighted by atomic mass is 19.4. The quantitative estimate of drug-likeness (QED) is 0.866. The Bertz CT molecular complexity index is 455. The van der Waals surface area contributed by atoms with Crippen molar-refractivity contribution in [3.8, 4) is 0 Å². The molecule has 1 aliphatic carbocycles. The standard InChI is InChI=1S/C12H17F3N4/c1-3-6-16-9-7-10(18-8(2)17-9)19-11(4-5-11)12(13,14)15/h7H,3-6H2,1-2H3,(H2,16,17,18,19). The third-order valence-corrected chi connectivity index (χ3v) is 3.05. The molecule has 1 aliphatic rings. The maximum absolute atomic E-state index is 12.9. The normalized spacial score (nSPS) is 17.1. The van der Waals surface area contributed by atoms with E-state index in [-0.39, 0.29) is 18.7 Å². The van der Waals surface area contributed by atoms with Crippen LogP contribution in [0.25, 0.3) is 0 Å². The van der Waals surface area contributed by atoms with Crippen LogP contribution in [-0.4, -0.2) is 28.2 Å².